The molecule has 1 unspecified atom stereocenters. The largest absolute Gasteiger partial charge is 0.378 e. The van der Waals surface area contributed by atoms with Gasteiger partial charge >= 0.3 is 6.03 Å². The second kappa shape index (κ2) is 7.30. The second-order valence-corrected chi connectivity index (χ2v) is 7.59. The van der Waals surface area contributed by atoms with E-state index in [0.717, 1.165) is 6.54 Å². The van der Waals surface area contributed by atoms with Gasteiger partial charge in [-0.2, -0.15) is 0 Å². The van der Waals surface area contributed by atoms with Crippen LogP contribution >= 0.6 is 0 Å². The number of ether oxygens (including phenoxy) is 3. The van der Waals surface area contributed by atoms with Crippen molar-refractivity contribution < 1.29 is 23.8 Å². The Balaban J connectivity index is 1.45. The average molecular weight is 368 g/mol. The number of methoxy groups -OCH3 is 1. The van der Waals surface area contributed by atoms with Crippen molar-refractivity contribution in [3.05, 3.63) is 0 Å². The van der Waals surface area contributed by atoms with E-state index < -0.39 is 0 Å². The lowest BCUT2D eigenvalue weighted by Gasteiger charge is -2.63. The number of fused-ring (bicyclic) bond motifs is 2. The molecule has 0 N–H and O–H groups in total. The predicted molar refractivity (Wildman–Crippen MR) is 91.9 cm³/mol. The van der Waals surface area contributed by atoms with Crippen molar-refractivity contribution in [3.63, 3.8) is 0 Å². The highest BCUT2D eigenvalue weighted by molar-refractivity contribution is 5.78. The van der Waals surface area contributed by atoms with E-state index in [-0.39, 0.29) is 30.1 Å². The highest BCUT2D eigenvalue weighted by Gasteiger charge is 2.56. The summed E-state index contributed by atoms with van der Waals surface area (Å²) in [5, 5.41) is 0. The van der Waals surface area contributed by atoms with Crippen LogP contribution in [0.4, 0.5) is 4.79 Å². The van der Waals surface area contributed by atoms with Crippen LogP contribution < -0.4 is 0 Å². The molecule has 4 rings (SSSR count). The maximum atomic E-state index is 12.7. The first kappa shape index (κ1) is 18.0. The number of morpholine rings is 2. The van der Waals surface area contributed by atoms with E-state index in [1.54, 1.807) is 7.11 Å². The fourth-order valence-corrected chi connectivity index (χ4v) is 4.64. The number of hydrogen-bond acceptors (Lipinski definition) is 6. The molecule has 3 amide bonds. The molecule has 26 heavy (non-hydrogen) atoms. The van der Waals surface area contributed by atoms with E-state index in [1.807, 2.05) is 14.7 Å². The van der Waals surface area contributed by atoms with Crippen LogP contribution in [-0.2, 0) is 19.0 Å². The minimum atomic E-state index is -0.155. The quantitative estimate of drug-likeness (QED) is 0.602. The Hall–Kier alpha value is -1.42. The Morgan fingerprint density at radius 2 is 1.69 bits per heavy atom. The maximum Gasteiger partial charge on any atom is 0.320 e. The third-order valence-electron chi connectivity index (χ3n) is 5.90. The molecule has 0 saturated carbocycles. The lowest BCUT2D eigenvalue weighted by atomic mass is 9.82. The molecule has 9 heteroatoms. The molecule has 146 valence electrons. The van der Waals surface area contributed by atoms with E-state index in [0.29, 0.717) is 65.7 Å². The van der Waals surface area contributed by atoms with Crippen LogP contribution in [0.5, 0.6) is 0 Å². The van der Waals surface area contributed by atoms with Crippen LogP contribution in [0.15, 0.2) is 0 Å². The molecule has 4 aliphatic heterocycles. The zero-order valence-corrected chi connectivity index (χ0v) is 15.4. The van der Waals surface area contributed by atoms with Crippen molar-refractivity contribution in [2.24, 2.45) is 0 Å². The molecule has 4 fully saturated rings. The van der Waals surface area contributed by atoms with Crippen LogP contribution in [0.1, 0.15) is 0 Å². The van der Waals surface area contributed by atoms with Crippen LogP contribution in [0, 0.1) is 0 Å². The minimum absolute atomic E-state index is 0.00931. The number of urea groups is 1. The third-order valence-corrected chi connectivity index (χ3v) is 5.90. The van der Waals surface area contributed by atoms with Crippen molar-refractivity contribution >= 4 is 11.9 Å². The Bertz CT molecular complexity index is 547. The molecule has 1 atom stereocenters. The molecule has 0 bridgehead atoms. The van der Waals surface area contributed by atoms with Gasteiger partial charge in [0.25, 0.3) is 0 Å². The second-order valence-electron chi connectivity index (χ2n) is 7.59. The summed E-state index contributed by atoms with van der Waals surface area (Å²) in [7, 11) is 1.54. The summed E-state index contributed by atoms with van der Waals surface area (Å²) >= 11 is 0. The number of hydrogen-bond donors (Lipinski definition) is 0. The number of piperazine rings is 1. The monoisotopic (exact) mass is 368 g/mol. The van der Waals surface area contributed by atoms with E-state index in [1.165, 1.54) is 0 Å². The molecule has 0 aromatic rings. The summed E-state index contributed by atoms with van der Waals surface area (Å²) in [5.41, 5.74) is -0.155. The molecular weight excluding hydrogens is 340 g/mol. The molecule has 0 aliphatic carbocycles. The standard InChI is InChI=1S/C17H28N4O5/c1-24-10-15(22)19-8-14-9-26-7-4-21(14)17(11-19)12-20(13-17)16(23)18-2-5-25-6-3-18/h14H,2-13H2,1H3. The van der Waals surface area contributed by atoms with E-state index in [9.17, 15) is 9.59 Å². The maximum absolute atomic E-state index is 12.7. The lowest BCUT2D eigenvalue weighted by molar-refractivity contribution is -0.171. The third kappa shape index (κ3) is 3.17. The van der Waals surface area contributed by atoms with Gasteiger partial charge in [0.1, 0.15) is 6.61 Å². The summed E-state index contributed by atoms with van der Waals surface area (Å²) < 4.78 is 16.0. The number of likely N-dealkylation sites (tertiary alicyclic amines) is 1. The summed E-state index contributed by atoms with van der Waals surface area (Å²) in [6, 6.07) is 0.281. The van der Waals surface area contributed by atoms with Gasteiger partial charge in [-0.3, -0.25) is 9.69 Å². The fourth-order valence-electron chi connectivity index (χ4n) is 4.64. The Morgan fingerprint density at radius 3 is 2.42 bits per heavy atom. The van der Waals surface area contributed by atoms with Gasteiger partial charge in [0, 0.05) is 52.9 Å². The first-order valence-electron chi connectivity index (χ1n) is 9.36. The highest BCUT2D eigenvalue weighted by atomic mass is 16.5. The van der Waals surface area contributed by atoms with Gasteiger partial charge in [-0.25, -0.2) is 4.79 Å². The summed E-state index contributed by atoms with van der Waals surface area (Å²) in [4.78, 5) is 33.3. The van der Waals surface area contributed by atoms with Crippen LogP contribution in [0.2, 0.25) is 0 Å². The highest BCUT2D eigenvalue weighted by Crippen LogP contribution is 2.36. The first-order chi connectivity index (χ1) is 12.6. The number of nitrogens with zero attached hydrogens (tertiary/aromatic N) is 4. The van der Waals surface area contributed by atoms with Crippen LogP contribution in [0.25, 0.3) is 0 Å². The van der Waals surface area contributed by atoms with E-state index >= 15 is 0 Å². The topological polar surface area (TPSA) is 74.8 Å². The van der Waals surface area contributed by atoms with Crippen LogP contribution in [0.3, 0.4) is 0 Å². The minimum Gasteiger partial charge on any atom is -0.378 e. The zero-order valence-electron chi connectivity index (χ0n) is 15.4. The molecule has 0 radical (unpaired) electrons. The van der Waals surface area contributed by atoms with Gasteiger partial charge in [-0.05, 0) is 0 Å². The fraction of sp³-hybridized carbons (Fsp3) is 0.882. The van der Waals surface area contributed by atoms with Gasteiger partial charge in [-0.1, -0.05) is 0 Å². The predicted octanol–water partition coefficient (Wildman–Crippen LogP) is -1.32. The Morgan fingerprint density at radius 1 is 1.00 bits per heavy atom. The molecule has 4 saturated heterocycles. The van der Waals surface area contributed by atoms with E-state index in [2.05, 4.69) is 4.90 Å². The lowest BCUT2D eigenvalue weighted by Crippen LogP contribution is -2.82. The molecule has 0 aromatic heterocycles. The first-order valence-corrected chi connectivity index (χ1v) is 9.36. The smallest absolute Gasteiger partial charge is 0.320 e. The number of rotatable bonds is 2. The molecule has 1 spiro atoms. The van der Waals surface area contributed by atoms with Gasteiger partial charge < -0.3 is 28.9 Å². The van der Waals surface area contributed by atoms with Gasteiger partial charge in [0.2, 0.25) is 5.91 Å². The summed E-state index contributed by atoms with van der Waals surface area (Å²) in [6.07, 6.45) is 0. The number of amides is 3. The van der Waals surface area contributed by atoms with Crippen molar-refractivity contribution in [2.45, 2.75) is 11.6 Å². The average Bonchev–Trinajstić information content (AvgIpc) is 2.65. The van der Waals surface area contributed by atoms with Gasteiger partial charge in [-0.15, -0.1) is 0 Å². The summed E-state index contributed by atoms with van der Waals surface area (Å²) in [6.45, 7) is 7.47. The van der Waals surface area contributed by atoms with Crippen molar-refractivity contribution in [1.29, 1.82) is 0 Å². The molecule has 4 heterocycles. The zero-order chi connectivity index (χ0) is 18.1. The normalized spacial score (nSPS) is 28.7. The SMILES string of the molecule is COCC(=O)N1CC2COCCN2C2(C1)CN(C(=O)N1CCOCC1)C2. The van der Waals surface area contributed by atoms with E-state index in [4.69, 9.17) is 14.2 Å². The van der Waals surface area contributed by atoms with Crippen LogP contribution in [-0.4, -0.2) is 129 Å². The Kier molecular flexibility index (Phi) is 5.05. The molecule has 0 aromatic carbocycles. The van der Waals surface area contributed by atoms with Crippen molar-refractivity contribution in [2.75, 3.05) is 86.0 Å². The van der Waals surface area contributed by atoms with Gasteiger partial charge in [0.05, 0.1) is 38.0 Å². The number of carbonyl (C=O) groups excluding carboxylic acids is 2. The van der Waals surface area contributed by atoms with Crippen molar-refractivity contribution in [3.8, 4) is 0 Å². The molecule has 4 aliphatic rings. The molecule has 9 nitrogen and oxygen atoms in total. The molecular formula is C17H28N4O5. The number of carbonyl (C=O) groups is 2. The Labute approximate surface area is 153 Å². The summed E-state index contributed by atoms with van der Waals surface area (Å²) in [5.74, 6) is 0.00931. The van der Waals surface area contributed by atoms with Gasteiger partial charge in [0.15, 0.2) is 0 Å². The van der Waals surface area contributed by atoms with Crippen molar-refractivity contribution in [1.82, 2.24) is 19.6 Å².